The first-order chi connectivity index (χ1) is 12.1. The number of amides is 1. The molecule has 1 saturated heterocycles. The van der Waals surface area contributed by atoms with Crippen molar-refractivity contribution < 1.29 is 4.79 Å². The van der Waals surface area contributed by atoms with Crippen LogP contribution in [-0.2, 0) is 11.3 Å². The molecule has 134 valence electrons. The second-order valence-corrected chi connectivity index (χ2v) is 6.77. The largest absolute Gasteiger partial charge is 0.340 e. The van der Waals surface area contributed by atoms with Gasteiger partial charge in [-0.3, -0.25) is 9.69 Å². The minimum Gasteiger partial charge on any atom is -0.340 e. The van der Waals surface area contributed by atoms with E-state index >= 15 is 0 Å². The van der Waals surface area contributed by atoms with Gasteiger partial charge >= 0.3 is 0 Å². The molecule has 1 amide bonds. The van der Waals surface area contributed by atoms with Crippen molar-refractivity contribution in [1.29, 1.82) is 0 Å². The van der Waals surface area contributed by atoms with E-state index in [4.69, 9.17) is 23.2 Å². The summed E-state index contributed by atoms with van der Waals surface area (Å²) in [5.41, 5.74) is 0.656. The van der Waals surface area contributed by atoms with Crippen LogP contribution in [0.25, 0.3) is 0 Å². The molecule has 0 atom stereocenters. The normalized spacial score (nSPS) is 15.4. The van der Waals surface area contributed by atoms with Crippen molar-refractivity contribution in [2.75, 3.05) is 42.9 Å². The van der Waals surface area contributed by atoms with Crippen LogP contribution in [0, 0.1) is 0 Å². The Bertz CT molecular complexity index is 740. The Balaban J connectivity index is 1.50. The van der Waals surface area contributed by atoms with Crippen molar-refractivity contribution >= 4 is 40.7 Å². The second kappa shape index (κ2) is 8.08. The first-order valence-corrected chi connectivity index (χ1v) is 9.05. The van der Waals surface area contributed by atoms with Crippen LogP contribution in [0.15, 0.2) is 30.6 Å². The Labute approximate surface area is 157 Å². The molecule has 1 N–H and O–H groups in total. The highest BCUT2D eigenvalue weighted by Crippen LogP contribution is 2.25. The number of carbonyl (C=O) groups excluding carboxylic acids is 1. The van der Waals surface area contributed by atoms with Crippen LogP contribution in [0.2, 0.25) is 10.0 Å². The summed E-state index contributed by atoms with van der Waals surface area (Å²) in [6, 6.07) is 5.08. The lowest BCUT2D eigenvalue weighted by molar-refractivity contribution is -0.117. The van der Waals surface area contributed by atoms with Gasteiger partial charge in [-0.25, -0.2) is 4.98 Å². The maximum absolute atomic E-state index is 12.2. The lowest BCUT2D eigenvalue weighted by atomic mass is 10.3. The number of nitrogens with zero attached hydrogens (tertiary/aromatic N) is 4. The van der Waals surface area contributed by atoms with E-state index in [1.165, 1.54) is 0 Å². The Kier molecular flexibility index (Phi) is 5.83. The number of rotatable bonds is 5. The average molecular weight is 382 g/mol. The first-order valence-electron chi connectivity index (χ1n) is 8.30. The van der Waals surface area contributed by atoms with Gasteiger partial charge in [-0.05, 0) is 25.1 Å². The van der Waals surface area contributed by atoms with Gasteiger partial charge in [0.05, 0.1) is 16.6 Å². The molecule has 0 saturated carbocycles. The van der Waals surface area contributed by atoms with Gasteiger partial charge in [0.2, 0.25) is 11.9 Å². The molecule has 0 unspecified atom stereocenters. The van der Waals surface area contributed by atoms with Crippen LogP contribution in [0.3, 0.4) is 0 Å². The number of hydrogen-bond acceptors (Lipinski definition) is 4. The molecule has 0 bridgehead atoms. The van der Waals surface area contributed by atoms with Crippen molar-refractivity contribution in [1.82, 2.24) is 14.5 Å². The summed E-state index contributed by atoms with van der Waals surface area (Å²) < 4.78 is 2.13. The smallest absolute Gasteiger partial charge is 0.238 e. The molecular formula is C17H21Cl2N5O. The molecule has 2 aromatic rings. The molecule has 0 aliphatic carbocycles. The number of imidazole rings is 1. The third kappa shape index (κ3) is 4.45. The maximum atomic E-state index is 12.2. The second-order valence-electron chi connectivity index (χ2n) is 5.95. The lowest BCUT2D eigenvalue weighted by Gasteiger charge is -2.35. The summed E-state index contributed by atoms with van der Waals surface area (Å²) in [5.74, 6) is 0.948. The van der Waals surface area contributed by atoms with Crippen LogP contribution < -0.4 is 10.2 Å². The number of nitrogens with one attached hydrogen (secondary N) is 1. The quantitative estimate of drug-likeness (QED) is 0.864. The number of halogens is 2. The third-order valence-corrected chi connectivity index (χ3v) is 5.00. The van der Waals surface area contributed by atoms with Gasteiger partial charge in [0.1, 0.15) is 0 Å². The first kappa shape index (κ1) is 18.0. The number of piperazine rings is 1. The number of carbonyl (C=O) groups is 1. The van der Waals surface area contributed by atoms with E-state index < -0.39 is 0 Å². The fourth-order valence-electron chi connectivity index (χ4n) is 2.91. The zero-order valence-electron chi connectivity index (χ0n) is 14.1. The number of anilines is 2. The Morgan fingerprint density at radius 2 is 1.96 bits per heavy atom. The summed E-state index contributed by atoms with van der Waals surface area (Å²) in [4.78, 5) is 21.1. The van der Waals surface area contributed by atoms with Crippen LogP contribution in [0.4, 0.5) is 11.6 Å². The summed E-state index contributed by atoms with van der Waals surface area (Å²) in [6.07, 6.45) is 3.82. The third-order valence-electron chi connectivity index (χ3n) is 4.26. The van der Waals surface area contributed by atoms with Crippen molar-refractivity contribution in [2.24, 2.45) is 0 Å². The van der Waals surface area contributed by atoms with E-state index in [0.29, 0.717) is 22.3 Å². The topological polar surface area (TPSA) is 53.4 Å². The Morgan fingerprint density at radius 1 is 1.20 bits per heavy atom. The van der Waals surface area contributed by atoms with E-state index in [1.54, 1.807) is 18.2 Å². The van der Waals surface area contributed by atoms with Crippen LogP contribution in [0.5, 0.6) is 0 Å². The fraction of sp³-hybridized carbons (Fsp3) is 0.412. The fourth-order valence-corrected chi connectivity index (χ4v) is 3.21. The van der Waals surface area contributed by atoms with Crippen molar-refractivity contribution in [2.45, 2.75) is 13.5 Å². The summed E-state index contributed by atoms with van der Waals surface area (Å²) >= 11 is 11.9. The molecule has 0 spiro atoms. The van der Waals surface area contributed by atoms with Gasteiger partial charge in [-0.2, -0.15) is 0 Å². The molecule has 6 nitrogen and oxygen atoms in total. The average Bonchev–Trinajstić information content (AvgIpc) is 3.07. The minimum atomic E-state index is -0.0538. The SMILES string of the molecule is CCn1ccnc1N1CCN(CC(=O)Nc2ccc(Cl)c(Cl)c2)CC1. The number of aromatic nitrogens is 2. The standard InChI is InChI=1S/C17H21Cl2N5O/c1-2-23-6-5-20-17(23)24-9-7-22(8-10-24)12-16(25)21-13-3-4-14(18)15(19)11-13/h3-6,11H,2,7-10,12H2,1H3,(H,21,25). The highest BCUT2D eigenvalue weighted by Gasteiger charge is 2.21. The van der Waals surface area contributed by atoms with Gasteiger partial charge in [0.15, 0.2) is 0 Å². The van der Waals surface area contributed by atoms with Gasteiger partial charge in [-0.1, -0.05) is 23.2 Å². The molecule has 25 heavy (non-hydrogen) atoms. The Hall–Kier alpha value is -1.76. The zero-order valence-corrected chi connectivity index (χ0v) is 15.6. The summed E-state index contributed by atoms with van der Waals surface area (Å²) in [5, 5.41) is 3.76. The van der Waals surface area contributed by atoms with Gasteiger partial charge in [0.25, 0.3) is 0 Å². The predicted molar refractivity (Wildman–Crippen MR) is 102 cm³/mol. The van der Waals surface area contributed by atoms with Crippen molar-refractivity contribution in [3.05, 3.63) is 40.6 Å². The monoisotopic (exact) mass is 381 g/mol. The van der Waals surface area contributed by atoms with Crippen molar-refractivity contribution in [3.8, 4) is 0 Å². The molecule has 8 heteroatoms. The predicted octanol–water partition coefficient (Wildman–Crippen LogP) is 2.97. The lowest BCUT2D eigenvalue weighted by Crippen LogP contribution is -2.49. The van der Waals surface area contributed by atoms with Crippen LogP contribution in [-0.4, -0.2) is 53.1 Å². The van der Waals surface area contributed by atoms with E-state index in [-0.39, 0.29) is 5.91 Å². The summed E-state index contributed by atoms with van der Waals surface area (Å²) in [7, 11) is 0. The number of aryl methyl sites for hydroxylation is 1. The Morgan fingerprint density at radius 3 is 2.64 bits per heavy atom. The highest BCUT2D eigenvalue weighted by molar-refractivity contribution is 6.42. The molecule has 1 aliphatic heterocycles. The molecule has 1 fully saturated rings. The van der Waals surface area contributed by atoms with Gasteiger partial charge in [0, 0.05) is 50.8 Å². The molecule has 1 aliphatic rings. The van der Waals surface area contributed by atoms with Gasteiger partial charge in [-0.15, -0.1) is 0 Å². The minimum absolute atomic E-state index is 0.0538. The summed E-state index contributed by atoms with van der Waals surface area (Å²) in [6.45, 7) is 6.73. The van der Waals surface area contributed by atoms with Gasteiger partial charge < -0.3 is 14.8 Å². The molecular weight excluding hydrogens is 361 g/mol. The maximum Gasteiger partial charge on any atom is 0.238 e. The molecule has 0 radical (unpaired) electrons. The highest BCUT2D eigenvalue weighted by atomic mass is 35.5. The molecule has 3 rings (SSSR count). The van der Waals surface area contributed by atoms with E-state index in [2.05, 4.69) is 31.6 Å². The van der Waals surface area contributed by atoms with E-state index in [0.717, 1.165) is 38.7 Å². The zero-order chi connectivity index (χ0) is 17.8. The number of benzene rings is 1. The van der Waals surface area contributed by atoms with Crippen molar-refractivity contribution in [3.63, 3.8) is 0 Å². The van der Waals surface area contributed by atoms with Crippen LogP contribution in [0.1, 0.15) is 6.92 Å². The molecule has 1 aromatic carbocycles. The van der Waals surface area contributed by atoms with E-state index in [1.807, 2.05) is 12.4 Å². The number of hydrogen-bond donors (Lipinski definition) is 1. The molecule has 2 heterocycles. The molecule has 1 aromatic heterocycles. The van der Waals surface area contributed by atoms with E-state index in [9.17, 15) is 4.79 Å². The van der Waals surface area contributed by atoms with Crippen LogP contribution >= 0.6 is 23.2 Å².